The molecule has 0 aromatic carbocycles. The Morgan fingerprint density at radius 1 is 1.18 bits per heavy atom. The van der Waals surface area contributed by atoms with Gasteiger partial charge >= 0.3 is 0 Å². The van der Waals surface area contributed by atoms with Gasteiger partial charge in [0, 0.05) is 37.6 Å². The van der Waals surface area contributed by atoms with E-state index in [4.69, 9.17) is 4.74 Å². The van der Waals surface area contributed by atoms with Gasteiger partial charge in [-0.25, -0.2) is 0 Å². The van der Waals surface area contributed by atoms with Crippen molar-refractivity contribution in [2.45, 2.75) is 71.4 Å². The highest BCUT2D eigenvalue weighted by atomic mass is 16.5. The molecule has 126 valence electrons. The van der Waals surface area contributed by atoms with Crippen molar-refractivity contribution in [3.8, 4) is 0 Å². The van der Waals surface area contributed by atoms with Crippen molar-refractivity contribution in [2.75, 3.05) is 20.2 Å². The van der Waals surface area contributed by atoms with Crippen molar-refractivity contribution in [3.63, 3.8) is 0 Å². The van der Waals surface area contributed by atoms with Crippen LogP contribution in [0.25, 0.3) is 0 Å². The molecule has 4 nitrogen and oxygen atoms in total. The third kappa shape index (κ3) is 2.86. The van der Waals surface area contributed by atoms with Crippen LogP contribution in [0, 0.1) is 16.7 Å². The number of hydrogen-bond donors (Lipinski definition) is 2. The Hall–Kier alpha value is -0.770. The first-order valence-electron chi connectivity index (χ1n) is 9.05. The summed E-state index contributed by atoms with van der Waals surface area (Å²) in [4.78, 5) is 4.46. The number of ether oxygens (including phenoxy) is 1. The summed E-state index contributed by atoms with van der Waals surface area (Å²) < 4.78 is 5.99. The molecule has 0 bridgehead atoms. The fourth-order valence-electron chi connectivity index (χ4n) is 4.86. The van der Waals surface area contributed by atoms with Crippen molar-refractivity contribution >= 4 is 5.96 Å². The van der Waals surface area contributed by atoms with Gasteiger partial charge in [0.1, 0.15) is 0 Å². The van der Waals surface area contributed by atoms with Crippen molar-refractivity contribution in [1.29, 1.82) is 0 Å². The minimum absolute atomic E-state index is 0.194. The third-order valence-corrected chi connectivity index (χ3v) is 6.34. The lowest BCUT2D eigenvalue weighted by Crippen LogP contribution is -2.71. The third-order valence-electron chi connectivity index (χ3n) is 6.34. The normalized spacial score (nSPS) is 36.4. The van der Waals surface area contributed by atoms with E-state index in [1.807, 2.05) is 7.05 Å². The highest BCUT2D eigenvalue weighted by molar-refractivity contribution is 5.80. The second-order valence-electron chi connectivity index (χ2n) is 8.48. The van der Waals surface area contributed by atoms with Crippen LogP contribution in [0.5, 0.6) is 0 Å². The molecule has 2 aliphatic carbocycles. The number of hydrogen-bond acceptors (Lipinski definition) is 2. The van der Waals surface area contributed by atoms with Gasteiger partial charge in [0.2, 0.25) is 0 Å². The number of guanidine groups is 1. The van der Waals surface area contributed by atoms with Crippen LogP contribution in [-0.2, 0) is 4.74 Å². The Labute approximate surface area is 135 Å². The minimum Gasteiger partial charge on any atom is -0.377 e. The topological polar surface area (TPSA) is 45.7 Å². The van der Waals surface area contributed by atoms with Crippen LogP contribution in [0.2, 0.25) is 0 Å². The lowest BCUT2D eigenvalue weighted by atomic mass is 9.55. The number of aliphatic imine (C=N–C) groups is 1. The maximum atomic E-state index is 5.99. The number of rotatable bonds is 3. The summed E-state index contributed by atoms with van der Waals surface area (Å²) in [6.45, 7) is 9.01. The van der Waals surface area contributed by atoms with E-state index in [0.29, 0.717) is 23.5 Å². The summed E-state index contributed by atoms with van der Waals surface area (Å²) in [5, 5.41) is 7.28. The van der Waals surface area contributed by atoms with Gasteiger partial charge < -0.3 is 15.4 Å². The van der Waals surface area contributed by atoms with E-state index in [9.17, 15) is 0 Å². The second-order valence-corrected chi connectivity index (χ2v) is 8.48. The maximum Gasteiger partial charge on any atom is 0.191 e. The SMILES string of the molecule is CN=C(NCC1(C)CCCC1)NC1C2CCCOC2C1(C)C. The van der Waals surface area contributed by atoms with E-state index in [1.165, 1.54) is 38.5 Å². The van der Waals surface area contributed by atoms with Crippen molar-refractivity contribution in [1.82, 2.24) is 10.6 Å². The molecule has 1 heterocycles. The molecule has 1 saturated heterocycles. The molecule has 2 N–H and O–H groups in total. The summed E-state index contributed by atoms with van der Waals surface area (Å²) in [6, 6.07) is 0.473. The molecule has 3 fully saturated rings. The molecular formula is C18H33N3O. The Morgan fingerprint density at radius 3 is 2.59 bits per heavy atom. The number of nitrogens with zero attached hydrogens (tertiary/aromatic N) is 1. The molecule has 0 amide bonds. The first kappa shape index (κ1) is 16.1. The fourth-order valence-corrected chi connectivity index (χ4v) is 4.86. The largest absolute Gasteiger partial charge is 0.377 e. The van der Waals surface area contributed by atoms with E-state index < -0.39 is 0 Å². The summed E-state index contributed by atoms with van der Waals surface area (Å²) in [7, 11) is 1.88. The van der Waals surface area contributed by atoms with Crippen LogP contribution in [0.3, 0.4) is 0 Å². The molecule has 0 spiro atoms. The predicted octanol–water partition coefficient (Wildman–Crippen LogP) is 2.94. The van der Waals surface area contributed by atoms with Gasteiger partial charge in [0.15, 0.2) is 5.96 Å². The van der Waals surface area contributed by atoms with Gasteiger partial charge in [0.05, 0.1) is 6.10 Å². The minimum atomic E-state index is 0.194. The monoisotopic (exact) mass is 307 g/mol. The first-order chi connectivity index (χ1) is 10.5. The Morgan fingerprint density at radius 2 is 1.91 bits per heavy atom. The second kappa shape index (κ2) is 6.03. The zero-order chi connectivity index (χ0) is 15.8. The van der Waals surface area contributed by atoms with Gasteiger partial charge in [-0.05, 0) is 31.1 Å². The van der Waals surface area contributed by atoms with Gasteiger partial charge in [-0.3, -0.25) is 4.99 Å². The van der Waals surface area contributed by atoms with Crippen LogP contribution in [0.15, 0.2) is 4.99 Å². The molecule has 0 radical (unpaired) electrons. The van der Waals surface area contributed by atoms with E-state index in [-0.39, 0.29) is 5.41 Å². The van der Waals surface area contributed by atoms with Crippen LogP contribution in [0.4, 0.5) is 0 Å². The van der Waals surface area contributed by atoms with Crippen LogP contribution in [-0.4, -0.2) is 38.3 Å². The average molecular weight is 307 g/mol. The molecule has 3 rings (SSSR count). The van der Waals surface area contributed by atoms with Crippen LogP contribution < -0.4 is 10.6 Å². The van der Waals surface area contributed by atoms with Gasteiger partial charge in [-0.2, -0.15) is 0 Å². The average Bonchev–Trinajstić information content (AvgIpc) is 2.94. The Kier molecular flexibility index (Phi) is 4.41. The molecule has 0 aromatic heterocycles. The molecule has 1 aliphatic heterocycles. The quantitative estimate of drug-likeness (QED) is 0.622. The lowest BCUT2D eigenvalue weighted by molar-refractivity contribution is -0.188. The molecule has 4 heteroatoms. The lowest BCUT2D eigenvalue weighted by Gasteiger charge is -2.60. The van der Waals surface area contributed by atoms with E-state index in [2.05, 4.69) is 36.4 Å². The standard InChI is InChI=1S/C18H33N3O/c1-17(2)14(13-8-7-11-22-15(13)17)21-16(19-4)20-12-18(3)9-5-6-10-18/h13-15H,5-12H2,1-4H3,(H2,19,20,21). The molecule has 3 unspecified atom stereocenters. The van der Waals surface area contributed by atoms with Gasteiger partial charge in [-0.1, -0.05) is 33.6 Å². The first-order valence-corrected chi connectivity index (χ1v) is 9.05. The van der Waals surface area contributed by atoms with Crippen molar-refractivity contribution in [2.24, 2.45) is 21.7 Å². The molecule has 22 heavy (non-hydrogen) atoms. The summed E-state index contributed by atoms with van der Waals surface area (Å²) >= 11 is 0. The maximum absolute atomic E-state index is 5.99. The predicted molar refractivity (Wildman–Crippen MR) is 91.1 cm³/mol. The highest BCUT2D eigenvalue weighted by Gasteiger charge is 2.58. The molecular weight excluding hydrogens is 274 g/mol. The molecule has 3 aliphatic rings. The molecule has 2 saturated carbocycles. The van der Waals surface area contributed by atoms with E-state index in [1.54, 1.807) is 0 Å². The Bertz CT molecular complexity index is 426. The number of fused-ring (bicyclic) bond motifs is 1. The van der Waals surface area contributed by atoms with Crippen molar-refractivity contribution < 1.29 is 4.74 Å². The highest BCUT2D eigenvalue weighted by Crippen LogP contribution is 2.51. The van der Waals surface area contributed by atoms with Crippen LogP contribution >= 0.6 is 0 Å². The van der Waals surface area contributed by atoms with E-state index >= 15 is 0 Å². The summed E-state index contributed by atoms with van der Waals surface area (Å²) in [5.74, 6) is 1.61. The fraction of sp³-hybridized carbons (Fsp3) is 0.944. The Balaban J connectivity index is 1.56. The van der Waals surface area contributed by atoms with Gasteiger partial charge in [0.25, 0.3) is 0 Å². The van der Waals surface area contributed by atoms with Crippen LogP contribution in [0.1, 0.15) is 59.3 Å². The van der Waals surface area contributed by atoms with E-state index in [0.717, 1.165) is 19.1 Å². The van der Waals surface area contributed by atoms with Crippen molar-refractivity contribution in [3.05, 3.63) is 0 Å². The number of nitrogens with one attached hydrogen (secondary N) is 2. The molecule has 0 aromatic rings. The van der Waals surface area contributed by atoms with Gasteiger partial charge in [-0.15, -0.1) is 0 Å². The zero-order valence-electron chi connectivity index (χ0n) is 14.7. The molecule has 3 atom stereocenters. The zero-order valence-corrected chi connectivity index (χ0v) is 14.7. The summed E-state index contributed by atoms with van der Waals surface area (Å²) in [6.07, 6.45) is 8.32. The summed E-state index contributed by atoms with van der Waals surface area (Å²) in [5.41, 5.74) is 0.642. The smallest absolute Gasteiger partial charge is 0.191 e.